The van der Waals surface area contributed by atoms with Gasteiger partial charge in [-0.05, 0) is 26.2 Å². The third kappa shape index (κ3) is 12.2. The van der Waals surface area contributed by atoms with Gasteiger partial charge in [-0.15, -0.1) is 0 Å². The van der Waals surface area contributed by atoms with E-state index in [0.717, 1.165) is 12.1 Å². The van der Waals surface area contributed by atoms with Crippen molar-refractivity contribution in [2.45, 2.75) is 19.0 Å². The molecule has 0 atom stereocenters. The number of carboxylic acids is 1. The fourth-order valence-electron chi connectivity index (χ4n) is 1.77. The lowest BCUT2D eigenvalue weighted by atomic mass is 10.1. The molecule has 0 saturated carbocycles. The van der Waals surface area contributed by atoms with Crippen LogP contribution in [0.15, 0.2) is 23.4 Å². The fraction of sp³-hybridized carbons (Fsp3) is 0.471. The van der Waals surface area contributed by atoms with Crippen molar-refractivity contribution in [2.75, 3.05) is 34.3 Å². The Bertz CT molecular complexity index is 714. The second-order valence-electron chi connectivity index (χ2n) is 5.81. The molecule has 0 aliphatic heterocycles. The lowest BCUT2D eigenvalue weighted by molar-refractivity contribution is -0.192. The minimum Gasteiger partial charge on any atom is -0.475 e. The summed E-state index contributed by atoms with van der Waals surface area (Å²) in [5.41, 5.74) is 1.45. The molecule has 0 aromatic heterocycles. The average molecular weight is 460 g/mol. The maximum atomic E-state index is 11.8. The van der Waals surface area contributed by atoms with Crippen LogP contribution in [0.4, 0.5) is 13.2 Å². The second-order valence-corrected chi connectivity index (χ2v) is 6.62. The summed E-state index contributed by atoms with van der Waals surface area (Å²) in [6.07, 6.45) is -4.30. The van der Waals surface area contributed by atoms with Crippen molar-refractivity contribution in [2.24, 2.45) is 5.16 Å². The first-order valence-corrected chi connectivity index (χ1v) is 8.91. The zero-order valence-corrected chi connectivity index (χ0v) is 17.5. The summed E-state index contributed by atoms with van der Waals surface area (Å²) in [5, 5.41) is 14.9. The molecule has 1 aromatic carbocycles. The van der Waals surface area contributed by atoms with Crippen LogP contribution in [0.25, 0.3) is 0 Å². The van der Waals surface area contributed by atoms with Crippen LogP contribution in [0.2, 0.25) is 10.0 Å². The molecule has 0 heterocycles. The maximum Gasteiger partial charge on any atom is 0.490 e. The molecule has 0 radical (unpaired) electrons. The smallest absolute Gasteiger partial charge is 0.475 e. The van der Waals surface area contributed by atoms with Gasteiger partial charge < -0.3 is 20.2 Å². The number of alkyl halides is 3. The van der Waals surface area contributed by atoms with Gasteiger partial charge in [-0.25, -0.2) is 4.79 Å². The molecule has 0 bridgehead atoms. The third-order valence-corrected chi connectivity index (χ3v) is 3.91. The first-order chi connectivity index (χ1) is 13.4. The van der Waals surface area contributed by atoms with E-state index in [1.807, 2.05) is 19.0 Å². The number of aliphatic carboxylic acids is 1. The number of carbonyl (C=O) groups is 2. The molecule has 1 amide bonds. The van der Waals surface area contributed by atoms with Crippen LogP contribution in [0.3, 0.4) is 0 Å². The molecule has 0 aliphatic carbocycles. The van der Waals surface area contributed by atoms with Crippen LogP contribution in [0.1, 0.15) is 18.4 Å². The maximum absolute atomic E-state index is 11.8. The van der Waals surface area contributed by atoms with Crippen molar-refractivity contribution in [1.82, 2.24) is 10.2 Å². The van der Waals surface area contributed by atoms with Crippen LogP contribution in [0, 0.1) is 0 Å². The minimum atomic E-state index is -5.08. The van der Waals surface area contributed by atoms with E-state index >= 15 is 0 Å². The summed E-state index contributed by atoms with van der Waals surface area (Å²) in [7, 11) is 5.38. The van der Waals surface area contributed by atoms with E-state index in [2.05, 4.69) is 10.5 Å². The van der Waals surface area contributed by atoms with E-state index in [1.54, 1.807) is 18.2 Å². The zero-order chi connectivity index (χ0) is 22.6. The van der Waals surface area contributed by atoms with Crippen LogP contribution in [-0.2, 0) is 14.4 Å². The Morgan fingerprint density at radius 2 is 1.79 bits per heavy atom. The van der Waals surface area contributed by atoms with Gasteiger partial charge in [0.1, 0.15) is 7.11 Å². The first kappa shape index (κ1) is 27.0. The molecule has 0 fully saturated rings. The van der Waals surface area contributed by atoms with E-state index < -0.39 is 12.1 Å². The SMILES string of the molecule is CON=C(CCC(=O)NCCN(C)C)c1ccc(Cl)c(Cl)c1.O=C(O)C(F)(F)F. The highest BCUT2D eigenvalue weighted by atomic mass is 35.5. The van der Waals surface area contributed by atoms with Gasteiger partial charge in [0.25, 0.3) is 0 Å². The van der Waals surface area contributed by atoms with Crippen LogP contribution in [-0.4, -0.2) is 68.1 Å². The number of oxime groups is 1. The quantitative estimate of drug-likeness (QED) is 0.458. The van der Waals surface area contributed by atoms with Gasteiger partial charge in [0.2, 0.25) is 5.91 Å². The lowest BCUT2D eigenvalue weighted by Crippen LogP contribution is -2.31. The Kier molecular flexibility index (Phi) is 12.3. The summed E-state index contributed by atoms with van der Waals surface area (Å²) in [4.78, 5) is 27.6. The molecular formula is C17H22Cl2F3N3O4. The Morgan fingerprint density at radius 1 is 1.21 bits per heavy atom. The van der Waals surface area contributed by atoms with Gasteiger partial charge >= 0.3 is 12.1 Å². The highest BCUT2D eigenvalue weighted by Gasteiger charge is 2.38. The molecular weight excluding hydrogens is 438 g/mol. The van der Waals surface area contributed by atoms with Crippen molar-refractivity contribution in [1.29, 1.82) is 0 Å². The first-order valence-electron chi connectivity index (χ1n) is 8.15. The standard InChI is InChI=1S/C15H21Cl2N3O2.C2HF3O2/c1-20(2)9-8-18-15(21)7-6-14(19-22-3)11-4-5-12(16)13(17)10-11;3-2(4,5)1(6)7/h4-5,10H,6-9H2,1-3H3,(H,18,21);(H,6,7). The Balaban J connectivity index is 0.000000956. The van der Waals surface area contributed by atoms with E-state index in [4.69, 9.17) is 37.9 Å². The normalized spacial score (nSPS) is 11.6. The van der Waals surface area contributed by atoms with E-state index in [-0.39, 0.29) is 5.91 Å². The van der Waals surface area contributed by atoms with Gasteiger partial charge in [-0.2, -0.15) is 13.2 Å². The number of rotatable bonds is 8. The van der Waals surface area contributed by atoms with Crippen molar-refractivity contribution in [3.05, 3.63) is 33.8 Å². The molecule has 29 heavy (non-hydrogen) atoms. The Labute approximate surface area is 176 Å². The number of hydrogen-bond acceptors (Lipinski definition) is 5. The summed E-state index contributed by atoms with van der Waals surface area (Å²) < 4.78 is 31.7. The van der Waals surface area contributed by atoms with E-state index in [0.29, 0.717) is 35.1 Å². The minimum absolute atomic E-state index is 0.0225. The van der Waals surface area contributed by atoms with Crippen molar-refractivity contribution in [3.63, 3.8) is 0 Å². The monoisotopic (exact) mass is 459 g/mol. The van der Waals surface area contributed by atoms with Crippen LogP contribution in [0.5, 0.6) is 0 Å². The number of halogens is 5. The van der Waals surface area contributed by atoms with Crippen molar-refractivity contribution >= 4 is 40.8 Å². The van der Waals surface area contributed by atoms with Gasteiger partial charge in [-0.3, -0.25) is 4.79 Å². The molecule has 0 saturated heterocycles. The van der Waals surface area contributed by atoms with Crippen LogP contribution < -0.4 is 5.32 Å². The number of carboxylic acid groups (broad SMARTS) is 1. The number of carbonyl (C=O) groups excluding carboxylic acids is 1. The average Bonchev–Trinajstić information content (AvgIpc) is 2.60. The van der Waals surface area contributed by atoms with Gasteiger partial charge in [0, 0.05) is 31.5 Å². The largest absolute Gasteiger partial charge is 0.490 e. The number of nitrogens with one attached hydrogen (secondary N) is 1. The van der Waals surface area contributed by atoms with E-state index in [9.17, 15) is 18.0 Å². The molecule has 7 nitrogen and oxygen atoms in total. The second kappa shape index (κ2) is 13.2. The molecule has 164 valence electrons. The predicted octanol–water partition coefficient (Wildman–Crippen LogP) is 3.44. The van der Waals surface area contributed by atoms with Gasteiger partial charge in [0.05, 0.1) is 15.8 Å². The molecule has 1 aromatic rings. The molecule has 0 spiro atoms. The highest BCUT2D eigenvalue weighted by molar-refractivity contribution is 6.42. The number of benzene rings is 1. The van der Waals surface area contributed by atoms with Crippen molar-refractivity contribution < 1.29 is 32.7 Å². The predicted molar refractivity (Wildman–Crippen MR) is 104 cm³/mol. The highest BCUT2D eigenvalue weighted by Crippen LogP contribution is 2.23. The van der Waals surface area contributed by atoms with Crippen molar-refractivity contribution in [3.8, 4) is 0 Å². The molecule has 1 rings (SSSR count). The summed E-state index contributed by atoms with van der Waals surface area (Å²) in [5.74, 6) is -2.78. The molecule has 0 unspecified atom stereocenters. The number of amides is 1. The lowest BCUT2D eigenvalue weighted by Gasteiger charge is -2.11. The van der Waals surface area contributed by atoms with Gasteiger partial charge in [-0.1, -0.05) is 34.4 Å². The van der Waals surface area contributed by atoms with E-state index in [1.165, 1.54) is 7.11 Å². The molecule has 0 aliphatic rings. The topological polar surface area (TPSA) is 91.2 Å². The Morgan fingerprint density at radius 3 is 2.24 bits per heavy atom. The third-order valence-electron chi connectivity index (χ3n) is 3.17. The molecule has 2 N–H and O–H groups in total. The number of hydrogen-bond donors (Lipinski definition) is 2. The molecule has 12 heteroatoms. The van der Waals surface area contributed by atoms with Crippen LogP contribution >= 0.6 is 23.2 Å². The summed E-state index contributed by atoms with van der Waals surface area (Å²) in [6.45, 7) is 1.42. The number of nitrogens with zero attached hydrogens (tertiary/aromatic N) is 2. The zero-order valence-electron chi connectivity index (χ0n) is 16.0. The summed E-state index contributed by atoms with van der Waals surface area (Å²) >= 11 is 11.9. The Hall–Kier alpha value is -2.04. The van der Waals surface area contributed by atoms with Gasteiger partial charge in [0.15, 0.2) is 0 Å². The fourth-order valence-corrected chi connectivity index (χ4v) is 2.07. The number of likely N-dealkylation sites (N-methyl/N-ethyl adjacent to an activating group) is 1. The summed E-state index contributed by atoms with van der Waals surface area (Å²) in [6, 6.07) is 5.21.